The van der Waals surface area contributed by atoms with Crippen molar-refractivity contribution in [2.24, 2.45) is 0 Å². The Morgan fingerprint density at radius 2 is 2.06 bits per heavy atom. The number of aromatic nitrogens is 1. The second-order valence-electron chi connectivity index (χ2n) is 5.46. The molecule has 90 valence electrons. The van der Waals surface area contributed by atoms with Crippen molar-refractivity contribution in [1.82, 2.24) is 4.98 Å². The molecule has 1 heterocycles. The van der Waals surface area contributed by atoms with E-state index in [2.05, 4.69) is 44.0 Å². The van der Waals surface area contributed by atoms with E-state index in [0.717, 1.165) is 5.52 Å². The number of nitrogens with one attached hydrogen (secondary N) is 1. The fraction of sp³-hybridized carbons (Fsp3) is 0.400. The third-order valence-electron chi connectivity index (χ3n) is 3.33. The van der Waals surface area contributed by atoms with Crippen molar-refractivity contribution >= 4 is 16.7 Å². The molecule has 0 bridgehead atoms. The Morgan fingerprint density at radius 3 is 2.71 bits per heavy atom. The van der Waals surface area contributed by atoms with Gasteiger partial charge in [-0.1, -0.05) is 26.0 Å². The highest BCUT2D eigenvalue weighted by Gasteiger charge is 2.26. The number of Topliss-reactive ketones (excluding diaryl/α,β-unsaturated/α-hetero) is 1. The maximum atomic E-state index is 11.4. The van der Waals surface area contributed by atoms with Crippen molar-refractivity contribution in [3.05, 3.63) is 35.5 Å². The van der Waals surface area contributed by atoms with E-state index in [1.807, 2.05) is 6.20 Å². The number of H-pyrrole nitrogens is 1. The van der Waals surface area contributed by atoms with Gasteiger partial charge >= 0.3 is 0 Å². The monoisotopic (exact) mass is 229 g/mol. The molecule has 2 heteroatoms. The van der Waals surface area contributed by atoms with Crippen molar-refractivity contribution in [1.29, 1.82) is 0 Å². The van der Waals surface area contributed by atoms with Gasteiger partial charge in [0.15, 0.2) is 0 Å². The van der Waals surface area contributed by atoms with E-state index in [0.29, 0.717) is 6.42 Å². The molecule has 1 N–H and O–H groups in total. The third-order valence-corrected chi connectivity index (χ3v) is 3.33. The molecule has 0 unspecified atom stereocenters. The molecule has 1 aromatic carbocycles. The molecule has 0 saturated carbocycles. The van der Waals surface area contributed by atoms with Crippen LogP contribution in [0, 0.1) is 6.92 Å². The first-order valence-corrected chi connectivity index (χ1v) is 5.98. The van der Waals surface area contributed by atoms with Crippen LogP contribution in [0.1, 0.15) is 38.3 Å². The van der Waals surface area contributed by atoms with E-state index < -0.39 is 0 Å². The van der Waals surface area contributed by atoms with Crippen LogP contribution in [0.15, 0.2) is 24.4 Å². The summed E-state index contributed by atoms with van der Waals surface area (Å²) in [7, 11) is 0. The largest absolute Gasteiger partial charge is 0.361 e. The molecule has 2 rings (SSSR count). The smallest absolute Gasteiger partial charge is 0.130 e. The standard InChI is InChI=1S/C15H19NO/c1-10-6-5-7-13-14(10)12(9-16-13)15(3,4)8-11(2)17/h5-7,9,16H,8H2,1-4H3. The molecule has 0 radical (unpaired) electrons. The molecule has 0 spiro atoms. The fourth-order valence-electron chi connectivity index (χ4n) is 2.62. The zero-order chi connectivity index (χ0) is 12.6. The Kier molecular flexibility index (Phi) is 2.82. The number of ketones is 1. The normalized spacial score (nSPS) is 12.0. The minimum atomic E-state index is -0.115. The van der Waals surface area contributed by atoms with Gasteiger partial charge in [-0.3, -0.25) is 4.79 Å². The van der Waals surface area contributed by atoms with E-state index in [-0.39, 0.29) is 11.2 Å². The molecule has 0 saturated heterocycles. The van der Waals surface area contributed by atoms with Gasteiger partial charge in [-0.05, 0) is 36.5 Å². The van der Waals surface area contributed by atoms with Crippen LogP contribution in [-0.4, -0.2) is 10.8 Å². The summed E-state index contributed by atoms with van der Waals surface area (Å²) in [5, 5.41) is 1.26. The molecule has 0 fully saturated rings. The highest BCUT2D eigenvalue weighted by Crippen LogP contribution is 2.34. The van der Waals surface area contributed by atoms with Crippen LogP contribution in [0.3, 0.4) is 0 Å². The zero-order valence-corrected chi connectivity index (χ0v) is 10.9. The summed E-state index contributed by atoms with van der Waals surface area (Å²) >= 11 is 0. The van der Waals surface area contributed by atoms with E-state index in [9.17, 15) is 4.79 Å². The van der Waals surface area contributed by atoms with E-state index in [1.54, 1.807) is 6.92 Å². The Labute approximate surface area is 102 Å². The van der Waals surface area contributed by atoms with E-state index >= 15 is 0 Å². The van der Waals surface area contributed by atoms with Crippen LogP contribution in [-0.2, 0) is 10.2 Å². The first-order chi connectivity index (χ1) is 7.92. The summed E-state index contributed by atoms with van der Waals surface area (Å²) in [5.41, 5.74) is 3.53. The molecule has 0 aliphatic rings. The van der Waals surface area contributed by atoms with Crippen LogP contribution in [0.5, 0.6) is 0 Å². The van der Waals surface area contributed by atoms with Crippen molar-refractivity contribution in [3.8, 4) is 0 Å². The summed E-state index contributed by atoms with van der Waals surface area (Å²) in [6.07, 6.45) is 2.62. The molecule has 0 aliphatic heterocycles. The fourth-order valence-corrected chi connectivity index (χ4v) is 2.62. The molecular formula is C15H19NO. The molecule has 1 aromatic heterocycles. The zero-order valence-electron chi connectivity index (χ0n) is 10.9. The van der Waals surface area contributed by atoms with Crippen LogP contribution >= 0.6 is 0 Å². The third kappa shape index (κ3) is 2.12. The summed E-state index contributed by atoms with van der Waals surface area (Å²) < 4.78 is 0. The number of hydrogen-bond donors (Lipinski definition) is 1. The van der Waals surface area contributed by atoms with Gasteiger partial charge in [0.2, 0.25) is 0 Å². The van der Waals surface area contributed by atoms with Crippen molar-refractivity contribution < 1.29 is 4.79 Å². The minimum Gasteiger partial charge on any atom is -0.361 e. The van der Waals surface area contributed by atoms with Gasteiger partial charge in [-0.25, -0.2) is 0 Å². The topological polar surface area (TPSA) is 32.9 Å². The lowest BCUT2D eigenvalue weighted by atomic mass is 9.79. The lowest BCUT2D eigenvalue weighted by Gasteiger charge is -2.23. The highest BCUT2D eigenvalue weighted by atomic mass is 16.1. The Bertz CT molecular complexity index is 563. The van der Waals surface area contributed by atoms with Gasteiger partial charge in [0, 0.05) is 23.5 Å². The average molecular weight is 229 g/mol. The Hall–Kier alpha value is -1.57. The van der Waals surface area contributed by atoms with Crippen LogP contribution in [0.2, 0.25) is 0 Å². The number of benzene rings is 1. The van der Waals surface area contributed by atoms with Crippen LogP contribution in [0.4, 0.5) is 0 Å². The van der Waals surface area contributed by atoms with E-state index in [4.69, 9.17) is 0 Å². The molecule has 0 atom stereocenters. The Balaban J connectivity index is 2.59. The van der Waals surface area contributed by atoms with Gasteiger partial charge < -0.3 is 4.98 Å². The molecule has 2 aromatic rings. The maximum Gasteiger partial charge on any atom is 0.130 e. The van der Waals surface area contributed by atoms with E-state index in [1.165, 1.54) is 16.5 Å². The number of carbonyl (C=O) groups is 1. The van der Waals surface area contributed by atoms with Crippen LogP contribution in [0.25, 0.3) is 10.9 Å². The number of aryl methyl sites for hydroxylation is 1. The molecule has 2 nitrogen and oxygen atoms in total. The highest BCUT2D eigenvalue weighted by molar-refractivity contribution is 5.88. The summed E-state index contributed by atoms with van der Waals surface area (Å²) in [6.45, 7) is 8.03. The SMILES string of the molecule is CC(=O)CC(C)(C)c1c[nH]c2cccc(C)c12. The molecule has 0 aliphatic carbocycles. The molecule has 17 heavy (non-hydrogen) atoms. The number of carbonyl (C=O) groups excluding carboxylic acids is 1. The first-order valence-electron chi connectivity index (χ1n) is 5.98. The lowest BCUT2D eigenvalue weighted by Crippen LogP contribution is -2.20. The average Bonchev–Trinajstić information content (AvgIpc) is 2.61. The lowest BCUT2D eigenvalue weighted by molar-refractivity contribution is -0.118. The quantitative estimate of drug-likeness (QED) is 0.854. The number of aromatic amines is 1. The van der Waals surface area contributed by atoms with Gasteiger partial charge in [0.25, 0.3) is 0 Å². The number of rotatable bonds is 3. The van der Waals surface area contributed by atoms with Gasteiger partial charge in [0.05, 0.1) is 0 Å². The van der Waals surface area contributed by atoms with Crippen molar-refractivity contribution in [3.63, 3.8) is 0 Å². The predicted molar refractivity (Wildman–Crippen MR) is 71.4 cm³/mol. The van der Waals surface area contributed by atoms with Crippen molar-refractivity contribution in [2.45, 2.75) is 39.5 Å². The van der Waals surface area contributed by atoms with Gasteiger partial charge in [-0.15, -0.1) is 0 Å². The molecule has 0 amide bonds. The predicted octanol–water partition coefficient (Wildman–Crippen LogP) is 3.73. The van der Waals surface area contributed by atoms with Crippen LogP contribution < -0.4 is 0 Å². The summed E-state index contributed by atoms with van der Waals surface area (Å²) in [4.78, 5) is 14.7. The van der Waals surface area contributed by atoms with Gasteiger partial charge in [0.1, 0.15) is 5.78 Å². The Morgan fingerprint density at radius 1 is 1.35 bits per heavy atom. The summed E-state index contributed by atoms with van der Waals surface area (Å²) in [6, 6.07) is 6.25. The minimum absolute atomic E-state index is 0.115. The molecular weight excluding hydrogens is 210 g/mol. The van der Waals surface area contributed by atoms with Crippen molar-refractivity contribution in [2.75, 3.05) is 0 Å². The maximum absolute atomic E-state index is 11.4. The number of fused-ring (bicyclic) bond motifs is 1. The first kappa shape index (κ1) is 11.9. The second kappa shape index (κ2) is 4.02. The number of hydrogen-bond acceptors (Lipinski definition) is 1. The summed E-state index contributed by atoms with van der Waals surface area (Å²) in [5.74, 6) is 0.234. The van der Waals surface area contributed by atoms with Gasteiger partial charge in [-0.2, -0.15) is 0 Å². The second-order valence-corrected chi connectivity index (χ2v) is 5.46.